The molecular weight excluding hydrogens is 366 g/mol. The van der Waals surface area contributed by atoms with Gasteiger partial charge in [-0.3, -0.25) is 9.69 Å². The third kappa shape index (κ3) is 4.87. The van der Waals surface area contributed by atoms with Crippen LogP contribution in [0.25, 0.3) is 0 Å². The van der Waals surface area contributed by atoms with Crippen molar-refractivity contribution in [3.05, 3.63) is 29.8 Å². The molecule has 1 amide bonds. The van der Waals surface area contributed by atoms with E-state index in [-0.39, 0.29) is 10.8 Å². The first kappa shape index (κ1) is 20.3. The molecule has 7 nitrogen and oxygen atoms in total. The van der Waals surface area contributed by atoms with Crippen molar-refractivity contribution < 1.29 is 17.9 Å². The summed E-state index contributed by atoms with van der Waals surface area (Å²) in [5, 5.41) is 0. The zero-order valence-corrected chi connectivity index (χ0v) is 17.0. The number of carbonyl (C=O) groups is 1. The molecule has 0 aromatic heterocycles. The Labute approximate surface area is 161 Å². The van der Waals surface area contributed by atoms with E-state index in [1.165, 1.54) is 26.2 Å². The van der Waals surface area contributed by atoms with Gasteiger partial charge in [-0.25, -0.2) is 12.7 Å². The number of rotatable bonds is 5. The van der Waals surface area contributed by atoms with Gasteiger partial charge >= 0.3 is 0 Å². The number of amides is 1. The van der Waals surface area contributed by atoms with E-state index in [1.54, 1.807) is 12.1 Å². The quantitative estimate of drug-likeness (QED) is 0.747. The molecule has 2 aliphatic rings. The monoisotopic (exact) mass is 395 g/mol. The fourth-order valence-corrected chi connectivity index (χ4v) is 4.60. The number of benzene rings is 1. The van der Waals surface area contributed by atoms with Crippen LogP contribution in [0.2, 0.25) is 0 Å². The molecule has 0 N–H and O–H groups in total. The maximum atomic E-state index is 12.8. The van der Waals surface area contributed by atoms with Crippen molar-refractivity contribution in [1.82, 2.24) is 14.1 Å². The maximum Gasteiger partial charge on any atom is 0.253 e. The van der Waals surface area contributed by atoms with Gasteiger partial charge in [0, 0.05) is 52.4 Å². The number of sulfonamides is 1. The Bertz CT molecular complexity index is 752. The van der Waals surface area contributed by atoms with E-state index in [4.69, 9.17) is 4.74 Å². The number of nitrogens with zero attached hydrogens (tertiary/aromatic N) is 3. The summed E-state index contributed by atoms with van der Waals surface area (Å²) in [6.45, 7) is 6.12. The Morgan fingerprint density at radius 3 is 2.44 bits per heavy atom. The van der Waals surface area contributed by atoms with Gasteiger partial charge in [-0.2, -0.15) is 0 Å². The van der Waals surface area contributed by atoms with Gasteiger partial charge in [0.1, 0.15) is 0 Å². The lowest BCUT2D eigenvalue weighted by Crippen LogP contribution is -2.44. The molecule has 0 saturated carbocycles. The van der Waals surface area contributed by atoms with Gasteiger partial charge in [0.2, 0.25) is 10.0 Å². The molecule has 0 atom stereocenters. The molecule has 0 bridgehead atoms. The second-order valence-electron chi connectivity index (χ2n) is 7.46. The number of morpholine rings is 1. The van der Waals surface area contributed by atoms with E-state index in [1.807, 2.05) is 4.90 Å². The Hall–Kier alpha value is -1.48. The summed E-state index contributed by atoms with van der Waals surface area (Å²) in [6.07, 6.45) is 1.97. The standard InChI is InChI=1S/C19H29N3O4S/c1-20(2)27(24,25)18-5-3-4-17(14-18)19(23)22-8-6-16(7-9-22)15-21-10-12-26-13-11-21/h3-5,14,16H,6-13,15H2,1-2H3. The van der Waals surface area contributed by atoms with Crippen LogP contribution in [0.5, 0.6) is 0 Å². The van der Waals surface area contributed by atoms with Gasteiger partial charge in [0.15, 0.2) is 0 Å². The molecule has 2 saturated heterocycles. The minimum absolute atomic E-state index is 0.0874. The first-order valence-corrected chi connectivity index (χ1v) is 10.9. The van der Waals surface area contributed by atoms with E-state index in [9.17, 15) is 13.2 Å². The highest BCUT2D eigenvalue weighted by atomic mass is 32.2. The highest BCUT2D eigenvalue weighted by Gasteiger charge is 2.26. The topological polar surface area (TPSA) is 70.2 Å². The molecule has 0 unspecified atom stereocenters. The maximum absolute atomic E-state index is 12.8. The van der Waals surface area contributed by atoms with Crippen LogP contribution < -0.4 is 0 Å². The zero-order chi connectivity index (χ0) is 19.4. The van der Waals surface area contributed by atoms with E-state index in [0.29, 0.717) is 11.5 Å². The highest BCUT2D eigenvalue weighted by Crippen LogP contribution is 2.22. The molecule has 2 aliphatic heterocycles. The van der Waals surface area contributed by atoms with Crippen LogP contribution in [-0.2, 0) is 14.8 Å². The van der Waals surface area contributed by atoms with Crippen molar-refractivity contribution >= 4 is 15.9 Å². The van der Waals surface area contributed by atoms with Gasteiger partial charge in [-0.15, -0.1) is 0 Å². The lowest BCUT2D eigenvalue weighted by Gasteiger charge is -2.36. The number of carbonyl (C=O) groups excluding carboxylic acids is 1. The van der Waals surface area contributed by atoms with E-state index >= 15 is 0 Å². The molecule has 0 spiro atoms. The predicted molar refractivity (Wildman–Crippen MR) is 103 cm³/mol. The molecule has 0 aliphatic carbocycles. The van der Waals surface area contributed by atoms with Crippen molar-refractivity contribution in [2.75, 3.05) is 60.0 Å². The summed E-state index contributed by atoms with van der Waals surface area (Å²) in [5.74, 6) is 0.517. The SMILES string of the molecule is CN(C)S(=O)(=O)c1cccc(C(=O)N2CCC(CN3CCOCC3)CC2)c1. The van der Waals surface area contributed by atoms with Crippen LogP contribution in [0.3, 0.4) is 0 Å². The molecule has 27 heavy (non-hydrogen) atoms. The smallest absolute Gasteiger partial charge is 0.253 e. The largest absolute Gasteiger partial charge is 0.379 e. The Balaban J connectivity index is 1.59. The molecule has 3 rings (SSSR count). The van der Waals surface area contributed by atoms with E-state index in [0.717, 1.165) is 63.1 Å². The Morgan fingerprint density at radius 1 is 1.15 bits per heavy atom. The summed E-state index contributed by atoms with van der Waals surface area (Å²) in [6, 6.07) is 6.34. The Morgan fingerprint density at radius 2 is 1.81 bits per heavy atom. The van der Waals surface area contributed by atoms with Gasteiger partial charge < -0.3 is 9.64 Å². The number of likely N-dealkylation sites (tertiary alicyclic amines) is 1. The van der Waals surface area contributed by atoms with Crippen LogP contribution in [0.4, 0.5) is 0 Å². The van der Waals surface area contributed by atoms with Crippen molar-refractivity contribution in [3.63, 3.8) is 0 Å². The van der Waals surface area contributed by atoms with E-state index < -0.39 is 10.0 Å². The lowest BCUT2D eigenvalue weighted by molar-refractivity contribution is 0.0243. The third-order valence-electron chi connectivity index (χ3n) is 5.38. The number of hydrogen-bond donors (Lipinski definition) is 0. The van der Waals surface area contributed by atoms with Crippen molar-refractivity contribution in [2.24, 2.45) is 5.92 Å². The van der Waals surface area contributed by atoms with Crippen molar-refractivity contribution in [3.8, 4) is 0 Å². The zero-order valence-electron chi connectivity index (χ0n) is 16.1. The van der Waals surface area contributed by atoms with Gasteiger partial charge in [0.25, 0.3) is 5.91 Å². The first-order chi connectivity index (χ1) is 12.9. The van der Waals surface area contributed by atoms with Crippen molar-refractivity contribution in [2.45, 2.75) is 17.7 Å². The first-order valence-electron chi connectivity index (χ1n) is 9.50. The van der Waals surface area contributed by atoms with Crippen LogP contribution in [-0.4, -0.2) is 88.5 Å². The van der Waals surface area contributed by atoms with Crippen LogP contribution in [0.1, 0.15) is 23.2 Å². The lowest BCUT2D eigenvalue weighted by atomic mass is 9.95. The van der Waals surface area contributed by atoms with Gasteiger partial charge in [-0.05, 0) is 37.0 Å². The van der Waals surface area contributed by atoms with E-state index in [2.05, 4.69) is 4.90 Å². The minimum Gasteiger partial charge on any atom is -0.379 e. The van der Waals surface area contributed by atoms with Crippen LogP contribution in [0.15, 0.2) is 29.2 Å². The second-order valence-corrected chi connectivity index (χ2v) is 9.62. The van der Waals surface area contributed by atoms with Crippen molar-refractivity contribution in [1.29, 1.82) is 0 Å². The number of ether oxygens (including phenoxy) is 1. The molecule has 2 heterocycles. The second kappa shape index (κ2) is 8.68. The van der Waals surface area contributed by atoms with Crippen LogP contribution in [0, 0.1) is 5.92 Å². The normalized spacial score (nSPS) is 20.2. The molecule has 2 fully saturated rings. The molecule has 1 aromatic carbocycles. The molecule has 1 aromatic rings. The number of piperidine rings is 1. The predicted octanol–water partition coefficient (Wildman–Crippen LogP) is 1.12. The summed E-state index contributed by atoms with van der Waals surface area (Å²) in [5.41, 5.74) is 0.435. The average molecular weight is 396 g/mol. The summed E-state index contributed by atoms with van der Waals surface area (Å²) in [7, 11) is -0.564. The fraction of sp³-hybridized carbons (Fsp3) is 0.632. The molecule has 8 heteroatoms. The molecule has 0 radical (unpaired) electrons. The van der Waals surface area contributed by atoms with Crippen LogP contribution >= 0.6 is 0 Å². The minimum atomic E-state index is -3.54. The molecule has 150 valence electrons. The number of hydrogen-bond acceptors (Lipinski definition) is 5. The van der Waals surface area contributed by atoms with Gasteiger partial charge in [-0.1, -0.05) is 6.07 Å². The summed E-state index contributed by atoms with van der Waals surface area (Å²) < 4.78 is 31.2. The van der Waals surface area contributed by atoms with Gasteiger partial charge in [0.05, 0.1) is 18.1 Å². The summed E-state index contributed by atoms with van der Waals surface area (Å²) >= 11 is 0. The Kier molecular flexibility index (Phi) is 6.52. The average Bonchev–Trinajstić information content (AvgIpc) is 2.69. The highest BCUT2D eigenvalue weighted by molar-refractivity contribution is 7.89. The summed E-state index contributed by atoms with van der Waals surface area (Å²) in [4.78, 5) is 17.3. The fourth-order valence-electron chi connectivity index (χ4n) is 3.65. The molecular formula is C19H29N3O4S. The third-order valence-corrected chi connectivity index (χ3v) is 7.19.